The number of halogens is 1. The second-order valence-electron chi connectivity index (χ2n) is 6.42. The number of anilines is 2. The zero-order valence-electron chi connectivity index (χ0n) is 14.6. The van der Waals surface area contributed by atoms with Gasteiger partial charge in [-0.25, -0.2) is 0 Å². The lowest BCUT2D eigenvalue weighted by Gasteiger charge is -2.43. The van der Waals surface area contributed by atoms with E-state index in [0.717, 1.165) is 21.4 Å². The van der Waals surface area contributed by atoms with E-state index in [9.17, 15) is 9.59 Å². The van der Waals surface area contributed by atoms with Crippen molar-refractivity contribution in [3.8, 4) is 0 Å². The van der Waals surface area contributed by atoms with Crippen molar-refractivity contribution >= 4 is 39.1 Å². The summed E-state index contributed by atoms with van der Waals surface area (Å²) in [6, 6.07) is 15.5. The topological polar surface area (TPSA) is 40.6 Å². The molecule has 2 unspecified atom stereocenters. The van der Waals surface area contributed by atoms with Crippen LogP contribution in [-0.4, -0.2) is 17.9 Å². The maximum atomic E-state index is 12.5. The van der Waals surface area contributed by atoms with Gasteiger partial charge >= 0.3 is 0 Å². The summed E-state index contributed by atoms with van der Waals surface area (Å²) in [7, 11) is 0. The number of fused-ring (bicyclic) bond motifs is 1. The minimum absolute atomic E-state index is 0.00870. The van der Waals surface area contributed by atoms with Crippen LogP contribution in [0, 0.1) is 0 Å². The van der Waals surface area contributed by atoms with Crippen molar-refractivity contribution in [2.24, 2.45) is 0 Å². The maximum Gasteiger partial charge on any atom is 0.224 e. The van der Waals surface area contributed by atoms with Crippen molar-refractivity contribution in [3.63, 3.8) is 0 Å². The third-order valence-electron chi connectivity index (χ3n) is 4.64. The van der Waals surface area contributed by atoms with Crippen molar-refractivity contribution in [2.75, 3.05) is 9.80 Å². The molecule has 0 aromatic heterocycles. The Morgan fingerprint density at radius 3 is 2.40 bits per heavy atom. The molecule has 2 amide bonds. The zero-order valence-corrected chi connectivity index (χ0v) is 16.2. The second-order valence-corrected chi connectivity index (χ2v) is 7.33. The van der Waals surface area contributed by atoms with Gasteiger partial charge in [0, 0.05) is 35.7 Å². The normalized spacial score (nSPS) is 19.3. The molecule has 5 heteroatoms. The molecule has 0 radical (unpaired) electrons. The summed E-state index contributed by atoms with van der Waals surface area (Å²) in [5, 5.41) is 0. The summed E-state index contributed by atoms with van der Waals surface area (Å²) < 4.78 is 0.936. The fourth-order valence-electron chi connectivity index (χ4n) is 3.70. The highest BCUT2D eigenvalue weighted by Crippen LogP contribution is 2.43. The third-order valence-corrected chi connectivity index (χ3v) is 5.13. The van der Waals surface area contributed by atoms with Crippen molar-refractivity contribution in [1.29, 1.82) is 0 Å². The van der Waals surface area contributed by atoms with E-state index in [1.807, 2.05) is 65.3 Å². The van der Waals surface area contributed by atoms with Gasteiger partial charge < -0.3 is 9.80 Å². The first-order chi connectivity index (χ1) is 11.9. The van der Waals surface area contributed by atoms with Gasteiger partial charge in [0.25, 0.3) is 0 Å². The molecule has 0 fully saturated rings. The van der Waals surface area contributed by atoms with Gasteiger partial charge in [-0.1, -0.05) is 34.1 Å². The molecule has 4 nitrogen and oxygen atoms in total. The van der Waals surface area contributed by atoms with E-state index in [1.54, 1.807) is 13.8 Å². The first kappa shape index (κ1) is 17.7. The molecule has 0 spiro atoms. The molecule has 1 aliphatic heterocycles. The molecule has 0 aliphatic carbocycles. The van der Waals surface area contributed by atoms with Crippen molar-refractivity contribution in [3.05, 3.63) is 58.6 Å². The number of nitrogens with zero attached hydrogens (tertiary/aromatic N) is 2. The molecule has 0 bridgehead atoms. The van der Waals surface area contributed by atoms with E-state index in [0.29, 0.717) is 6.42 Å². The van der Waals surface area contributed by atoms with Crippen molar-refractivity contribution in [2.45, 2.75) is 39.3 Å². The summed E-state index contributed by atoms with van der Waals surface area (Å²) >= 11 is 3.53. The van der Waals surface area contributed by atoms with Crippen LogP contribution < -0.4 is 9.80 Å². The predicted octanol–water partition coefficient (Wildman–Crippen LogP) is 4.69. The van der Waals surface area contributed by atoms with Crippen LogP contribution in [0.5, 0.6) is 0 Å². The summed E-state index contributed by atoms with van der Waals surface area (Å²) in [5.74, 6) is 0.00853. The average Bonchev–Trinajstić information content (AvgIpc) is 2.55. The van der Waals surface area contributed by atoms with E-state index in [1.165, 1.54) is 0 Å². The molecule has 2 aromatic rings. The first-order valence-corrected chi connectivity index (χ1v) is 9.13. The van der Waals surface area contributed by atoms with Gasteiger partial charge in [-0.3, -0.25) is 9.59 Å². The maximum absolute atomic E-state index is 12.5. The summed E-state index contributed by atoms with van der Waals surface area (Å²) in [6.07, 6.45) is 0.692. The zero-order chi connectivity index (χ0) is 18.1. The fraction of sp³-hybridized carbons (Fsp3) is 0.300. The van der Waals surface area contributed by atoms with Gasteiger partial charge in [0.05, 0.1) is 6.04 Å². The SMILES string of the molecule is CC(=O)N1c2ccc(Br)cc2C(N(C(C)=O)c2ccccc2)CC1C. The third kappa shape index (κ3) is 3.33. The smallest absolute Gasteiger partial charge is 0.224 e. The molecule has 25 heavy (non-hydrogen) atoms. The summed E-state index contributed by atoms with van der Waals surface area (Å²) in [4.78, 5) is 28.3. The monoisotopic (exact) mass is 400 g/mol. The number of benzene rings is 2. The Kier molecular flexibility index (Phi) is 4.95. The molecule has 130 valence electrons. The molecule has 3 rings (SSSR count). The minimum Gasteiger partial charge on any atom is -0.309 e. The van der Waals surface area contributed by atoms with Crippen LogP contribution >= 0.6 is 15.9 Å². The molecular weight excluding hydrogens is 380 g/mol. The van der Waals surface area contributed by atoms with Gasteiger partial charge in [0.2, 0.25) is 11.8 Å². The van der Waals surface area contributed by atoms with Gasteiger partial charge in [0.15, 0.2) is 0 Å². The number of carbonyl (C=O) groups excluding carboxylic acids is 2. The van der Waals surface area contributed by atoms with Gasteiger partial charge in [-0.15, -0.1) is 0 Å². The minimum atomic E-state index is -0.113. The number of amides is 2. The quantitative estimate of drug-likeness (QED) is 0.733. The van der Waals surface area contributed by atoms with Crippen LogP contribution in [0.1, 0.15) is 38.8 Å². The number of hydrogen-bond acceptors (Lipinski definition) is 2. The lowest BCUT2D eigenvalue weighted by molar-refractivity contribution is -0.117. The fourth-order valence-corrected chi connectivity index (χ4v) is 4.08. The Balaban J connectivity index is 2.15. The molecular formula is C20H21BrN2O2. The predicted molar refractivity (Wildman–Crippen MR) is 104 cm³/mol. The van der Waals surface area contributed by atoms with Crippen LogP contribution in [0.3, 0.4) is 0 Å². The van der Waals surface area contributed by atoms with E-state index in [-0.39, 0.29) is 23.9 Å². The molecule has 1 aliphatic rings. The molecule has 0 N–H and O–H groups in total. The first-order valence-electron chi connectivity index (χ1n) is 8.34. The molecule has 0 saturated carbocycles. The number of rotatable bonds is 2. The van der Waals surface area contributed by atoms with E-state index < -0.39 is 0 Å². The van der Waals surface area contributed by atoms with Crippen LogP contribution in [0.2, 0.25) is 0 Å². The standard InChI is InChI=1S/C20H21BrN2O2/c1-13-11-20(23(15(3)25)17-7-5-4-6-8-17)18-12-16(21)9-10-19(18)22(13)14(2)24/h4-10,12-13,20H,11H2,1-3H3. The average molecular weight is 401 g/mol. The highest BCUT2D eigenvalue weighted by molar-refractivity contribution is 9.10. The van der Waals surface area contributed by atoms with Crippen LogP contribution in [0.25, 0.3) is 0 Å². The number of para-hydroxylation sites is 1. The summed E-state index contributed by atoms with van der Waals surface area (Å²) in [5.41, 5.74) is 2.73. The Bertz CT molecular complexity index is 807. The van der Waals surface area contributed by atoms with Crippen LogP contribution in [0.15, 0.2) is 53.0 Å². The van der Waals surface area contributed by atoms with Crippen LogP contribution in [0.4, 0.5) is 11.4 Å². The van der Waals surface area contributed by atoms with E-state index in [2.05, 4.69) is 15.9 Å². The second kappa shape index (κ2) is 7.00. The van der Waals surface area contributed by atoms with Crippen molar-refractivity contribution in [1.82, 2.24) is 0 Å². The highest BCUT2D eigenvalue weighted by Gasteiger charge is 2.36. The number of carbonyl (C=O) groups is 2. The Morgan fingerprint density at radius 1 is 1.12 bits per heavy atom. The Morgan fingerprint density at radius 2 is 1.80 bits per heavy atom. The van der Waals surface area contributed by atoms with E-state index >= 15 is 0 Å². The summed E-state index contributed by atoms with van der Waals surface area (Å²) in [6.45, 7) is 5.21. The highest BCUT2D eigenvalue weighted by atomic mass is 79.9. The van der Waals surface area contributed by atoms with E-state index in [4.69, 9.17) is 0 Å². The van der Waals surface area contributed by atoms with Gasteiger partial charge in [0.1, 0.15) is 0 Å². The molecule has 2 aromatic carbocycles. The van der Waals surface area contributed by atoms with Crippen LogP contribution in [-0.2, 0) is 9.59 Å². The molecule has 0 saturated heterocycles. The molecule has 2 atom stereocenters. The lowest BCUT2D eigenvalue weighted by Crippen LogP contribution is -2.46. The van der Waals surface area contributed by atoms with Crippen molar-refractivity contribution < 1.29 is 9.59 Å². The molecule has 1 heterocycles. The Hall–Kier alpha value is -2.14. The largest absolute Gasteiger partial charge is 0.309 e. The van der Waals surface area contributed by atoms with Gasteiger partial charge in [-0.2, -0.15) is 0 Å². The Labute approximate surface area is 156 Å². The number of hydrogen-bond donors (Lipinski definition) is 0. The lowest BCUT2D eigenvalue weighted by atomic mass is 9.90. The van der Waals surface area contributed by atoms with Gasteiger partial charge in [-0.05, 0) is 49.2 Å².